The molecule has 4 heteroatoms. The monoisotopic (exact) mass is 287 g/mol. The van der Waals surface area contributed by atoms with E-state index in [0.29, 0.717) is 24.1 Å². The number of hydrogen-bond acceptors (Lipinski definition) is 3. The molecule has 0 saturated heterocycles. The summed E-state index contributed by atoms with van der Waals surface area (Å²) < 4.78 is 0. The van der Waals surface area contributed by atoms with Crippen LogP contribution in [-0.4, -0.2) is 46.8 Å². The van der Waals surface area contributed by atoms with Crippen molar-refractivity contribution in [2.45, 2.75) is 32.2 Å². The highest BCUT2D eigenvalue weighted by Gasteiger charge is 2.33. The molecule has 1 saturated carbocycles. The summed E-state index contributed by atoms with van der Waals surface area (Å²) in [5, 5.41) is 18.0. The van der Waals surface area contributed by atoms with Crippen LogP contribution < -0.4 is 0 Å². The first-order valence-corrected chi connectivity index (χ1v) is 7.29. The van der Waals surface area contributed by atoms with Crippen LogP contribution in [0.1, 0.15) is 40.7 Å². The van der Waals surface area contributed by atoms with E-state index in [1.165, 1.54) is 0 Å². The predicted octanol–water partition coefficient (Wildman–Crippen LogP) is 1.33. The largest absolute Gasteiger partial charge is 0.395 e. The van der Waals surface area contributed by atoms with E-state index in [2.05, 4.69) is 11.8 Å². The lowest BCUT2D eigenvalue weighted by Gasteiger charge is -2.22. The van der Waals surface area contributed by atoms with Gasteiger partial charge < -0.3 is 15.1 Å². The summed E-state index contributed by atoms with van der Waals surface area (Å²) in [5.74, 6) is 5.77. The zero-order chi connectivity index (χ0) is 15.2. The van der Waals surface area contributed by atoms with Gasteiger partial charge in [-0.2, -0.15) is 0 Å². The Labute approximate surface area is 125 Å². The van der Waals surface area contributed by atoms with Crippen LogP contribution in [0.4, 0.5) is 0 Å². The normalized spacial score (nSPS) is 13.5. The van der Waals surface area contributed by atoms with Gasteiger partial charge in [0.2, 0.25) is 0 Å². The van der Waals surface area contributed by atoms with E-state index in [-0.39, 0.29) is 25.2 Å². The van der Waals surface area contributed by atoms with Crippen molar-refractivity contribution in [2.24, 2.45) is 0 Å². The third-order valence-corrected chi connectivity index (χ3v) is 3.45. The summed E-state index contributed by atoms with van der Waals surface area (Å²) >= 11 is 0. The number of aliphatic hydroxyl groups is 2. The van der Waals surface area contributed by atoms with Gasteiger partial charge in [-0.15, -0.1) is 0 Å². The minimum Gasteiger partial charge on any atom is -0.395 e. The van der Waals surface area contributed by atoms with Gasteiger partial charge >= 0.3 is 0 Å². The topological polar surface area (TPSA) is 60.8 Å². The lowest BCUT2D eigenvalue weighted by molar-refractivity contribution is 0.0707. The van der Waals surface area contributed by atoms with Gasteiger partial charge in [0.15, 0.2) is 0 Å². The van der Waals surface area contributed by atoms with Crippen LogP contribution in [0.25, 0.3) is 0 Å². The van der Waals surface area contributed by atoms with Crippen LogP contribution in [0, 0.1) is 18.8 Å². The predicted molar refractivity (Wildman–Crippen MR) is 80.9 cm³/mol. The number of aliphatic hydroxyl groups excluding tert-OH is 2. The molecule has 0 radical (unpaired) electrons. The number of amides is 1. The Morgan fingerprint density at radius 1 is 1.33 bits per heavy atom. The lowest BCUT2D eigenvalue weighted by atomic mass is 10.0. The highest BCUT2D eigenvalue weighted by molar-refractivity contribution is 5.97. The fourth-order valence-corrected chi connectivity index (χ4v) is 2.26. The van der Waals surface area contributed by atoms with Gasteiger partial charge in [0.1, 0.15) is 0 Å². The molecule has 1 aliphatic carbocycles. The van der Waals surface area contributed by atoms with Crippen LogP contribution in [0.5, 0.6) is 0 Å². The molecule has 1 aliphatic rings. The van der Waals surface area contributed by atoms with E-state index >= 15 is 0 Å². The minimum atomic E-state index is -0.0696. The zero-order valence-corrected chi connectivity index (χ0v) is 12.3. The number of benzene rings is 1. The van der Waals surface area contributed by atoms with Crippen molar-refractivity contribution < 1.29 is 15.0 Å². The van der Waals surface area contributed by atoms with Crippen LogP contribution in [0.2, 0.25) is 0 Å². The molecule has 0 spiro atoms. The Kier molecular flexibility index (Phi) is 5.38. The van der Waals surface area contributed by atoms with Gasteiger partial charge in [-0.05, 0) is 37.5 Å². The Balaban J connectivity index is 2.29. The van der Waals surface area contributed by atoms with Gasteiger partial charge in [0, 0.05) is 24.6 Å². The van der Waals surface area contributed by atoms with Crippen molar-refractivity contribution >= 4 is 5.91 Å². The van der Waals surface area contributed by atoms with Crippen LogP contribution >= 0.6 is 0 Å². The third-order valence-electron chi connectivity index (χ3n) is 3.45. The second-order valence-electron chi connectivity index (χ2n) is 5.28. The number of nitrogens with zero attached hydrogens (tertiary/aromatic N) is 1. The van der Waals surface area contributed by atoms with Crippen LogP contribution in [0.15, 0.2) is 18.2 Å². The van der Waals surface area contributed by atoms with Crippen LogP contribution in [-0.2, 0) is 0 Å². The first kappa shape index (κ1) is 15.6. The number of rotatable bonds is 5. The maximum absolute atomic E-state index is 12.7. The van der Waals surface area contributed by atoms with E-state index < -0.39 is 0 Å². The molecule has 4 nitrogen and oxygen atoms in total. The quantitative estimate of drug-likeness (QED) is 0.803. The van der Waals surface area contributed by atoms with Crippen molar-refractivity contribution in [3.05, 3.63) is 34.9 Å². The molecule has 0 aliphatic heterocycles. The number of hydrogen-bond donors (Lipinski definition) is 2. The van der Waals surface area contributed by atoms with E-state index in [1.807, 2.05) is 19.1 Å². The molecule has 1 fully saturated rings. The Morgan fingerprint density at radius 3 is 2.71 bits per heavy atom. The number of carbonyl (C=O) groups excluding carboxylic acids is 1. The fourth-order valence-electron chi connectivity index (χ4n) is 2.26. The molecular weight excluding hydrogens is 266 g/mol. The molecule has 1 aromatic rings. The van der Waals surface area contributed by atoms with Gasteiger partial charge in [0.05, 0.1) is 18.8 Å². The smallest absolute Gasteiger partial charge is 0.255 e. The molecule has 0 bridgehead atoms. The molecule has 0 unspecified atom stereocenters. The summed E-state index contributed by atoms with van der Waals surface area (Å²) in [5.41, 5.74) is 2.31. The standard InChI is InChI=1S/C17H21NO3/c1-13-5-8-16(14(12-13)4-2-3-10-19)17(21)18(9-11-20)15-6-7-15/h5,8,12,15,19-20H,3,6-7,9-11H2,1H3. The summed E-state index contributed by atoms with van der Waals surface area (Å²) in [7, 11) is 0. The van der Waals surface area contributed by atoms with Gasteiger partial charge in [-0.25, -0.2) is 0 Å². The van der Waals surface area contributed by atoms with E-state index in [0.717, 1.165) is 18.4 Å². The molecule has 0 atom stereocenters. The third kappa shape index (κ3) is 4.07. The average Bonchev–Trinajstić information content (AvgIpc) is 3.29. The SMILES string of the molecule is Cc1ccc(C(=O)N(CCO)C2CC2)c(C#CCCO)c1. The van der Waals surface area contributed by atoms with Gasteiger partial charge in [-0.3, -0.25) is 4.79 Å². The highest BCUT2D eigenvalue weighted by Crippen LogP contribution is 2.28. The van der Waals surface area contributed by atoms with Crippen molar-refractivity contribution in [2.75, 3.05) is 19.8 Å². The first-order chi connectivity index (χ1) is 10.2. The maximum Gasteiger partial charge on any atom is 0.255 e. The van der Waals surface area contributed by atoms with Crippen LogP contribution in [0.3, 0.4) is 0 Å². The maximum atomic E-state index is 12.7. The fraction of sp³-hybridized carbons (Fsp3) is 0.471. The Bertz CT molecular complexity index is 567. The molecule has 2 N–H and O–H groups in total. The molecular formula is C17H21NO3. The molecule has 112 valence electrons. The molecule has 0 aromatic heterocycles. The minimum absolute atomic E-state index is 0.0147. The van der Waals surface area contributed by atoms with Gasteiger partial charge in [0.25, 0.3) is 5.91 Å². The first-order valence-electron chi connectivity index (χ1n) is 7.29. The molecule has 0 heterocycles. The zero-order valence-electron chi connectivity index (χ0n) is 12.3. The lowest BCUT2D eigenvalue weighted by Crippen LogP contribution is -2.35. The molecule has 2 rings (SSSR count). The molecule has 21 heavy (non-hydrogen) atoms. The Morgan fingerprint density at radius 2 is 2.10 bits per heavy atom. The van der Waals surface area contributed by atoms with Crippen molar-refractivity contribution in [3.8, 4) is 11.8 Å². The van der Waals surface area contributed by atoms with E-state index in [1.54, 1.807) is 11.0 Å². The van der Waals surface area contributed by atoms with Crippen molar-refractivity contribution in [1.29, 1.82) is 0 Å². The molecule has 1 aromatic carbocycles. The van der Waals surface area contributed by atoms with Crippen molar-refractivity contribution in [3.63, 3.8) is 0 Å². The highest BCUT2D eigenvalue weighted by atomic mass is 16.3. The summed E-state index contributed by atoms with van der Waals surface area (Å²) in [4.78, 5) is 14.4. The summed E-state index contributed by atoms with van der Waals surface area (Å²) in [6, 6.07) is 5.84. The summed E-state index contributed by atoms with van der Waals surface area (Å²) in [6.45, 7) is 2.30. The Hall–Kier alpha value is -1.83. The average molecular weight is 287 g/mol. The summed E-state index contributed by atoms with van der Waals surface area (Å²) in [6.07, 6.45) is 2.40. The number of carbonyl (C=O) groups is 1. The molecule has 1 amide bonds. The second kappa shape index (κ2) is 7.26. The van der Waals surface area contributed by atoms with Crippen molar-refractivity contribution in [1.82, 2.24) is 4.90 Å². The number of aryl methyl sites for hydroxylation is 1. The second-order valence-corrected chi connectivity index (χ2v) is 5.28. The van der Waals surface area contributed by atoms with E-state index in [4.69, 9.17) is 10.2 Å². The van der Waals surface area contributed by atoms with Gasteiger partial charge in [-0.1, -0.05) is 17.9 Å². The van der Waals surface area contributed by atoms with E-state index in [9.17, 15) is 4.79 Å².